The minimum absolute atomic E-state index is 0.000646. The molecule has 198 valence electrons. The van der Waals surface area contributed by atoms with Crippen LogP contribution in [0, 0.1) is 6.92 Å². The van der Waals surface area contributed by atoms with Crippen molar-refractivity contribution in [3.63, 3.8) is 0 Å². The highest BCUT2D eigenvalue weighted by atomic mass is 35.5. The number of hydrogen-bond acceptors (Lipinski definition) is 8. The molecule has 0 aliphatic carbocycles. The molecule has 12 heteroatoms. The Morgan fingerprint density at radius 1 is 1.05 bits per heavy atom. The zero-order valence-corrected chi connectivity index (χ0v) is 22.0. The molecule has 0 saturated heterocycles. The van der Waals surface area contributed by atoms with Crippen molar-refractivity contribution in [2.45, 2.75) is 19.4 Å². The summed E-state index contributed by atoms with van der Waals surface area (Å²) in [4.78, 5) is 18.0. The van der Waals surface area contributed by atoms with Crippen LogP contribution in [0.2, 0.25) is 5.02 Å². The number of aryl methyl sites for hydroxylation is 1. The Bertz CT molecular complexity index is 1520. The van der Waals surface area contributed by atoms with Crippen molar-refractivity contribution >= 4 is 35.8 Å². The number of carbonyl (C=O) groups is 1. The van der Waals surface area contributed by atoms with Crippen LogP contribution in [-0.4, -0.2) is 57.4 Å². The standard InChI is InChI=1S/C27H25BClN5O5/c1-16-32-33-27-23(14-25(35)30-15-39-20-9-5-18(6-10-20)28(36)37)31-26(17-3-7-19(29)8-4-17)22-13-21(38-2)11-12-24(22)34(16)27/h3-13,23,36-37H,14-15H2,1-2H3,(H,30,35)/t23-/m0/s1. The van der Waals surface area contributed by atoms with Crippen LogP contribution in [0.4, 0.5) is 0 Å². The second-order valence-corrected chi connectivity index (χ2v) is 9.30. The molecule has 1 aromatic heterocycles. The molecule has 2 heterocycles. The Balaban J connectivity index is 1.43. The average Bonchev–Trinajstić information content (AvgIpc) is 3.26. The fourth-order valence-electron chi connectivity index (χ4n) is 4.36. The van der Waals surface area contributed by atoms with Crippen molar-refractivity contribution in [2.75, 3.05) is 13.8 Å². The van der Waals surface area contributed by atoms with Gasteiger partial charge in [0.2, 0.25) is 5.91 Å². The third-order valence-corrected chi connectivity index (χ3v) is 6.57. The summed E-state index contributed by atoms with van der Waals surface area (Å²) in [5, 5.41) is 30.5. The molecule has 5 rings (SSSR count). The number of fused-ring (bicyclic) bond motifs is 3. The summed E-state index contributed by atoms with van der Waals surface area (Å²) in [6.07, 6.45) is -0.000646. The van der Waals surface area contributed by atoms with E-state index in [0.29, 0.717) is 39.3 Å². The summed E-state index contributed by atoms with van der Waals surface area (Å²) >= 11 is 6.15. The zero-order chi connectivity index (χ0) is 27.5. The summed E-state index contributed by atoms with van der Waals surface area (Å²) < 4.78 is 13.0. The first-order valence-electron chi connectivity index (χ1n) is 12.1. The lowest BCUT2D eigenvalue weighted by atomic mass is 9.80. The number of amides is 1. The number of hydrogen-bond donors (Lipinski definition) is 3. The minimum atomic E-state index is -1.56. The molecule has 3 N–H and O–H groups in total. The van der Waals surface area contributed by atoms with Crippen LogP contribution in [0.15, 0.2) is 71.7 Å². The largest absolute Gasteiger partial charge is 0.497 e. The van der Waals surface area contributed by atoms with Crippen LogP contribution in [0.25, 0.3) is 5.69 Å². The molecule has 4 aromatic rings. The number of aliphatic imine (C=N–C) groups is 1. The molecular weight excluding hydrogens is 521 g/mol. The number of methoxy groups -OCH3 is 1. The van der Waals surface area contributed by atoms with E-state index in [9.17, 15) is 14.8 Å². The number of nitrogens with zero attached hydrogens (tertiary/aromatic N) is 4. The summed E-state index contributed by atoms with van der Waals surface area (Å²) in [5.41, 5.74) is 3.47. The van der Waals surface area contributed by atoms with Crippen LogP contribution >= 0.6 is 11.6 Å². The molecule has 1 amide bonds. The van der Waals surface area contributed by atoms with Gasteiger partial charge in [0.05, 0.1) is 24.9 Å². The molecule has 0 bridgehead atoms. The van der Waals surface area contributed by atoms with Gasteiger partial charge in [0, 0.05) is 16.1 Å². The van der Waals surface area contributed by atoms with Gasteiger partial charge in [-0.05, 0) is 54.9 Å². The molecule has 0 spiro atoms. The van der Waals surface area contributed by atoms with Gasteiger partial charge in [0.25, 0.3) is 0 Å². The van der Waals surface area contributed by atoms with Gasteiger partial charge in [-0.15, -0.1) is 10.2 Å². The maximum Gasteiger partial charge on any atom is 0.488 e. The number of ether oxygens (including phenoxy) is 2. The lowest BCUT2D eigenvalue weighted by Crippen LogP contribution is -2.30. The SMILES string of the molecule is COc1ccc2c(c1)C(c1ccc(Cl)cc1)=N[C@@H](CC(=O)NCOc1ccc(B(O)O)cc1)c1nnc(C)n1-2. The Labute approximate surface area is 230 Å². The monoisotopic (exact) mass is 545 g/mol. The van der Waals surface area contributed by atoms with Gasteiger partial charge >= 0.3 is 7.12 Å². The Morgan fingerprint density at radius 2 is 1.77 bits per heavy atom. The molecular formula is C27H25BClN5O5. The predicted octanol–water partition coefficient (Wildman–Crippen LogP) is 2.35. The molecule has 0 fully saturated rings. The third kappa shape index (κ3) is 5.65. The van der Waals surface area contributed by atoms with Crippen LogP contribution < -0.4 is 20.3 Å². The number of benzene rings is 3. The second kappa shape index (κ2) is 11.3. The maximum absolute atomic E-state index is 13.0. The zero-order valence-electron chi connectivity index (χ0n) is 21.2. The van der Waals surface area contributed by atoms with E-state index in [-0.39, 0.29) is 19.1 Å². The second-order valence-electron chi connectivity index (χ2n) is 8.86. The Hall–Kier alpha value is -4.19. The van der Waals surface area contributed by atoms with Crippen LogP contribution in [-0.2, 0) is 4.79 Å². The normalized spacial score (nSPS) is 14.0. The van der Waals surface area contributed by atoms with Crippen LogP contribution in [0.3, 0.4) is 0 Å². The van der Waals surface area contributed by atoms with E-state index in [4.69, 9.17) is 26.1 Å². The van der Waals surface area contributed by atoms with Gasteiger partial charge in [-0.3, -0.25) is 14.4 Å². The van der Waals surface area contributed by atoms with E-state index >= 15 is 0 Å². The molecule has 1 aliphatic heterocycles. The van der Waals surface area contributed by atoms with Crippen molar-refractivity contribution in [1.82, 2.24) is 20.1 Å². The molecule has 0 saturated carbocycles. The topological polar surface area (TPSA) is 131 Å². The van der Waals surface area contributed by atoms with Gasteiger partial charge in [-0.1, -0.05) is 35.9 Å². The fourth-order valence-corrected chi connectivity index (χ4v) is 4.49. The molecule has 0 unspecified atom stereocenters. The van der Waals surface area contributed by atoms with Gasteiger partial charge in [-0.25, -0.2) is 0 Å². The average molecular weight is 546 g/mol. The quantitative estimate of drug-likeness (QED) is 0.229. The molecule has 39 heavy (non-hydrogen) atoms. The van der Waals surface area contributed by atoms with Crippen LogP contribution in [0.1, 0.15) is 35.2 Å². The molecule has 1 aliphatic rings. The lowest BCUT2D eigenvalue weighted by molar-refractivity contribution is -0.122. The van der Waals surface area contributed by atoms with Crippen molar-refractivity contribution < 1.29 is 24.3 Å². The first-order valence-corrected chi connectivity index (χ1v) is 12.5. The van der Waals surface area contributed by atoms with E-state index in [0.717, 1.165) is 16.8 Å². The van der Waals surface area contributed by atoms with Crippen molar-refractivity contribution in [3.8, 4) is 17.2 Å². The number of aromatic nitrogens is 3. The van der Waals surface area contributed by atoms with E-state index in [1.54, 1.807) is 31.4 Å². The number of carbonyl (C=O) groups excluding carboxylic acids is 1. The van der Waals surface area contributed by atoms with Crippen molar-refractivity contribution in [3.05, 3.63) is 94.5 Å². The Morgan fingerprint density at radius 3 is 2.46 bits per heavy atom. The molecule has 10 nitrogen and oxygen atoms in total. The number of rotatable bonds is 8. The summed E-state index contributed by atoms with van der Waals surface area (Å²) in [5.74, 6) is 2.04. The van der Waals surface area contributed by atoms with Crippen LogP contribution in [0.5, 0.6) is 11.5 Å². The number of nitrogens with one attached hydrogen (secondary N) is 1. The Kier molecular flexibility index (Phi) is 7.64. The van der Waals surface area contributed by atoms with E-state index < -0.39 is 13.2 Å². The van der Waals surface area contributed by atoms with Gasteiger partial charge in [0.15, 0.2) is 12.6 Å². The first kappa shape index (κ1) is 26.4. The van der Waals surface area contributed by atoms with Gasteiger partial charge in [0.1, 0.15) is 23.4 Å². The third-order valence-electron chi connectivity index (χ3n) is 6.32. The highest BCUT2D eigenvalue weighted by Crippen LogP contribution is 2.34. The predicted molar refractivity (Wildman–Crippen MR) is 147 cm³/mol. The molecule has 1 atom stereocenters. The van der Waals surface area contributed by atoms with E-state index in [2.05, 4.69) is 15.5 Å². The maximum atomic E-state index is 13.0. The van der Waals surface area contributed by atoms with E-state index in [1.807, 2.05) is 41.8 Å². The lowest BCUT2D eigenvalue weighted by Gasteiger charge is -2.14. The number of halogens is 1. The fraction of sp³-hybridized carbons (Fsp3) is 0.185. The molecule has 0 radical (unpaired) electrons. The highest BCUT2D eigenvalue weighted by Gasteiger charge is 2.30. The summed E-state index contributed by atoms with van der Waals surface area (Å²) in [6, 6.07) is 18.7. The summed E-state index contributed by atoms with van der Waals surface area (Å²) in [7, 11) is 0.0431. The smallest absolute Gasteiger partial charge is 0.488 e. The summed E-state index contributed by atoms with van der Waals surface area (Å²) in [6.45, 7) is 1.77. The van der Waals surface area contributed by atoms with Gasteiger partial charge < -0.3 is 24.8 Å². The first-order chi connectivity index (χ1) is 18.8. The minimum Gasteiger partial charge on any atom is -0.497 e. The molecule has 3 aromatic carbocycles. The van der Waals surface area contributed by atoms with Crippen molar-refractivity contribution in [1.29, 1.82) is 0 Å². The van der Waals surface area contributed by atoms with Crippen molar-refractivity contribution in [2.24, 2.45) is 4.99 Å². The highest BCUT2D eigenvalue weighted by molar-refractivity contribution is 6.58. The van der Waals surface area contributed by atoms with Gasteiger partial charge in [-0.2, -0.15) is 0 Å². The van der Waals surface area contributed by atoms with E-state index in [1.165, 1.54) is 12.1 Å².